The number of ether oxygens (including phenoxy) is 1. The molecular formula is C21H19Cl2N3O. The molecule has 0 unspecified atom stereocenters. The third-order valence-electron chi connectivity index (χ3n) is 4.37. The monoisotopic (exact) mass is 399 g/mol. The molecule has 4 aromatic rings. The van der Waals surface area contributed by atoms with Crippen LogP contribution in [0, 0.1) is 0 Å². The van der Waals surface area contributed by atoms with E-state index in [-0.39, 0.29) is 0 Å². The highest BCUT2D eigenvalue weighted by Crippen LogP contribution is 2.37. The summed E-state index contributed by atoms with van der Waals surface area (Å²) in [5.74, 6) is 0.782. The fraction of sp³-hybridized carbons (Fsp3) is 0.143. The Kier molecular flexibility index (Phi) is 5.12. The molecule has 1 heterocycles. The minimum Gasteiger partial charge on any atom is -0.491 e. The first-order chi connectivity index (χ1) is 13.1. The number of hydrogen-bond donors (Lipinski definition) is 3. The highest BCUT2D eigenvalue weighted by Gasteiger charge is 2.12. The number of halogens is 2. The Hall–Kier alpha value is -2.40. The van der Waals surface area contributed by atoms with Crippen LogP contribution in [0.25, 0.3) is 21.8 Å². The van der Waals surface area contributed by atoms with Crippen LogP contribution >= 0.6 is 23.2 Å². The van der Waals surface area contributed by atoms with Crippen LogP contribution < -0.4 is 15.8 Å². The van der Waals surface area contributed by atoms with Crippen molar-refractivity contribution >= 4 is 56.4 Å². The zero-order valence-electron chi connectivity index (χ0n) is 14.6. The maximum Gasteiger partial charge on any atom is 0.145 e. The molecule has 4 rings (SSSR count). The van der Waals surface area contributed by atoms with Gasteiger partial charge in [-0.05, 0) is 61.5 Å². The number of benzene rings is 3. The molecule has 0 radical (unpaired) electrons. The molecule has 0 amide bonds. The molecule has 4 nitrogen and oxygen atoms in total. The second kappa shape index (κ2) is 7.69. The van der Waals surface area contributed by atoms with Gasteiger partial charge in [0.05, 0.1) is 12.1 Å². The summed E-state index contributed by atoms with van der Waals surface area (Å²) in [7, 11) is 0. The minimum absolute atomic E-state index is 0.562. The third kappa shape index (κ3) is 3.83. The number of nitrogens with one attached hydrogen (secondary N) is 2. The Morgan fingerprint density at radius 2 is 1.67 bits per heavy atom. The number of hydrogen-bond acceptors (Lipinski definition) is 3. The standard InChI is InChI=1S/C21H19Cl2N3O/c22-13-2-5-15(6-3-13)25-16-11-18-17-10-14(23)4-7-19(17)26-21(18)20(12-16)27-9-1-8-24/h2-7,10-12,25-26H,1,8-9,24H2. The largest absolute Gasteiger partial charge is 0.491 e. The van der Waals surface area contributed by atoms with Gasteiger partial charge in [0.1, 0.15) is 5.75 Å². The zero-order valence-corrected chi connectivity index (χ0v) is 16.1. The minimum atomic E-state index is 0.562. The Labute approximate surface area is 167 Å². The van der Waals surface area contributed by atoms with Crippen LogP contribution in [0.2, 0.25) is 10.0 Å². The lowest BCUT2D eigenvalue weighted by molar-refractivity contribution is 0.316. The maximum atomic E-state index is 6.22. The number of rotatable bonds is 6. The van der Waals surface area contributed by atoms with Crippen LogP contribution in [0.5, 0.6) is 5.75 Å². The van der Waals surface area contributed by atoms with Crippen molar-refractivity contribution in [2.45, 2.75) is 6.42 Å². The van der Waals surface area contributed by atoms with E-state index in [9.17, 15) is 0 Å². The second-order valence-corrected chi connectivity index (χ2v) is 7.21. The van der Waals surface area contributed by atoms with E-state index in [4.69, 9.17) is 33.7 Å². The average molecular weight is 400 g/mol. The summed E-state index contributed by atoms with van der Waals surface area (Å²) in [6.45, 7) is 1.15. The summed E-state index contributed by atoms with van der Waals surface area (Å²) < 4.78 is 6.01. The van der Waals surface area contributed by atoms with Crippen molar-refractivity contribution in [3.8, 4) is 5.75 Å². The summed E-state index contributed by atoms with van der Waals surface area (Å²) >= 11 is 12.2. The number of aromatic nitrogens is 1. The molecular weight excluding hydrogens is 381 g/mol. The van der Waals surface area contributed by atoms with Gasteiger partial charge < -0.3 is 20.8 Å². The molecule has 27 heavy (non-hydrogen) atoms. The van der Waals surface area contributed by atoms with E-state index in [0.29, 0.717) is 23.2 Å². The Balaban J connectivity index is 1.81. The molecule has 0 saturated carbocycles. The van der Waals surface area contributed by atoms with Crippen LogP contribution in [0.3, 0.4) is 0 Å². The van der Waals surface area contributed by atoms with Gasteiger partial charge in [0.2, 0.25) is 0 Å². The molecule has 0 fully saturated rings. The molecule has 138 valence electrons. The normalized spacial score (nSPS) is 11.2. The van der Waals surface area contributed by atoms with Crippen molar-refractivity contribution in [2.24, 2.45) is 5.73 Å². The summed E-state index contributed by atoms with van der Waals surface area (Å²) in [5, 5.41) is 6.92. The van der Waals surface area contributed by atoms with Crippen LogP contribution in [-0.2, 0) is 0 Å². The van der Waals surface area contributed by atoms with E-state index >= 15 is 0 Å². The number of aromatic amines is 1. The van der Waals surface area contributed by atoms with Crippen molar-refractivity contribution in [1.29, 1.82) is 0 Å². The lowest BCUT2D eigenvalue weighted by Crippen LogP contribution is -2.06. The molecule has 3 aromatic carbocycles. The summed E-state index contributed by atoms with van der Waals surface area (Å²) in [6.07, 6.45) is 0.794. The first-order valence-corrected chi connectivity index (χ1v) is 9.50. The van der Waals surface area contributed by atoms with Crippen molar-refractivity contribution in [2.75, 3.05) is 18.5 Å². The number of anilines is 2. The first-order valence-electron chi connectivity index (χ1n) is 8.74. The van der Waals surface area contributed by atoms with Crippen molar-refractivity contribution < 1.29 is 4.74 Å². The summed E-state index contributed by atoms with van der Waals surface area (Å²) in [6, 6.07) is 17.5. The lowest BCUT2D eigenvalue weighted by atomic mass is 10.1. The van der Waals surface area contributed by atoms with Crippen molar-refractivity contribution in [3.63, 3.8) is 0 Å². The number of nitrogens with two attached hydrogens (primary N) is 1. The van der Waals surface area contributed by atoms with Crippen molar-refractivity contribution in [3.05, 3.63) is 64.6 Å². The predicted molar refractivity (Wildman–Crippen MR) is 115 cm³/mol. The molecule has 0 bridgehead atoms. The van der Waals surface area contributed by atoms with Gasteiger partial charge in [0, 0.05) is 43.8 Å². The molecule has 0 aliphatic rings. The molecule has 1 aromatic heterocycles. The lowest BCUT2D eigenvalue weighted by Gasteiger charge is -2.12. The zero-order chi connectivity index (χ0) is 18.8. The van der Waals surface area contributed by atoms with Crippen LogP contribution in [0.4, 0.5) is 11.4 Å². The summed E-state index contributed by atoms with van der Waals surface area (Å²) in [4.78, 5) is 3.44. The van der Waals surface area contributed by atoms with Gasteiger partial charge in [-0.25, -0.2) is 0 Å². The van der Waals surface area contributed by atoms with Gasteiger partial charge >= 0.3 is 0 Å². The smallest absolute Gasteiger partial charge is 0.145 e. The van der Waals surface area contributed by atoms with Crippen LogP contribution in [0.1, 0.15) is 6.42 Å². The molecule has 6 heteroatoms. The highest BCUT2D eigenvalue weighted by molar-refractivity contribution is 6.32. The quantitative estimate of drug-likeness (QED) is 0.343. The van der Waals surface area contributed by atoms with Gasteiger partial charge in [-0.3, -0.25) is 0 Å². The first kappa shape index (κ1) is 18.0. The molecule has 4 N–H and O–H groups in total. The van der Waals surface area contributed by atoms with E-state index < -0.39 is 0 Å². The van der Waals surface area contributed by atoms with Gasteiger partial charge in [-0.2, -0.15) is 0 Å². The maximum absolute atomic E-state index is 6.22. The van der Waals surface area contributed by atoms with Gasteiger partial charge in [0.15, 0.2) is 0 Å². The topological polar surface area (TPSA) is 63.1 Å². The van der Waals surface area contributed by atoms with E-state index in [0.717, 1.165) is 45.4 Å². The molecule has 0 spiro atoms. The summed E-state index contributed by atoms with van der Waals surface area (Å²) in [5.41, 5.74) is 9.44. The second-order valence-electron chi connectivity index (χ2n) is 6.33. The predicted octanol–water partition coefficient (Wildman–Crippen LogP) is 6.10. The van der Waals surface area contributed by atoms with Crippen LogP contribution in [-0.4, -0.2) is 18.1 Å². The fourth-order valence-electron chi connectivity index (χ4n) is 3.09. The molecule has 0 aliphatic heterocycles. The molecule has 0 saturated heterocycles. The van der Waals surface area contributed by atoms with E-state index in [1.165, 1.54) is 0 Å². The fourth-order valence-corrected chi connectivity index (χ4v) is 3.39. The third-order valence-corrected chi connectivity index (χ3v) is 4.86. The number of H-pyrrole nitrogens is 1. The van der Waals surface area contributed by atoms with Gasteiger partial charge in [-0.1, -0.05) is 23.2 Å². The number of fused-ring (bicyclic) bond motifs is 3. The van der Waals surface area contributed by atoms with Crippen LogP contribution in [0.15, 0.2) is 54.6 Å². The highest BCUT2D eigenvalue weighted by atomic mass is 35.5. The molecule has 0 aliphatic carbocycles. The van der Waals surface area contributed by atoms with E-state index in [2.05, 4.69) is 16.4 Å². The Morgan fingerprint density at radius 3 is 2.44 bits per heavy atom. The molecule has 0 atom stereocenters. The van der Waals surface area contributed by atoms with Crippen molar-refractivity contribution in [1.82, 2.24) is 4.98 Å². The van der Waals surface area contributed by atoms with E-state index in [1.807, 2.05) is 48.5 Å². The van der Waals surface area contributed by atoms with Gasteiger partial charge in [-0.15, -0.1) is 0 Å². The Bertz CT molecular complexity index is 1090. The Morgan fingerprint density at radius 1 is 0.889 bits per heavy atom. The van der Waals surface area contributed by atoms with Gasteiger partial charge in [0.25, 0.3) is 0 Å². The SMILES string of the molecule is NCCCOc1cc(Nc2ccc(Cl)cc2)cc2c1[nH]c1ccc(Cl)cc12. The van der Waals surface area contributed by atoms with E-state index in [1.54, 1.807) is 0 Å². The average Bonchev–Trinajstić information content (AvgIpc) is 3.02.